The molecular weight excluding hydrogens is 214 g/mol. The van der Waals surface area contributed by atoms with Gasteiger partial charge in [0.2, 0.25) is 5.82 Å². The topological polar surface area (TPSA) is 67.3 Å². The van der Waals surface area contributed by atoms with E-state index in [1.54, 1.807) is 6.20 Å². The van der Waals surface area contributed by atoms with Crippen LogP contribution in [0.15, 0.2) is 30.5 Å². The second-order valence-electron chi connectivity index (χ2n) is 3.70. The summed E-state index contributed by atoms with van der Waals surface area (Å²) < 4.78 is 0. The summed E-state index contributed by atoms with van der Waals surface area (Å²) in [5.74, 6) is 1.45. The first-order valence-electron chi connectivity index (χ1n) is 5.50. The fourth-order valence-corrected chi connectivity index (χ4v) is 1.63. The number of rotatable bonds is 2. The van der Waals surface area contributed by atoms with Crippen molar-refractivity contribution in [1.82, 2.24) is 25.1 Å². The third kappa shape index (κ3) is 1.75. The number of benzene rings is 1. The van der Waals surface area contributed by atoms with Crippen molar-refractivity contribution in [2.24, 2.45) is 0 Å². The van der Waals surface area contributed by atoms with E-state index in [2.05, 4.69) is 25.1 Å². The lowest BCUT2D eigenvalue weighted by atomic mass is 10.3. The minimum Gasteiger partial charge on any atom is -0.263 e. The van der Waals surface area contributed by atoms with Crippen LogP contribution in [0.4, 0.5) is 0 Å². The van der Waals surface area contributed by atoms with E-state index in [1.807, 2.05) is 31.2 Å². The van der Waals surface area contributed by atoms with E-state index in [9.17, 15) is 0 Å². The van der Waals surface area contributed by atoms with Gasteiger partial charge < -0.3 is 0 Å². The zero-order valence-corrected chi connectivity index (χ0v) is 9.38. The lowest BCUT2D eigenvalue weighted by Gasteiger charge is -1.97. The lowest BCUT2D eigenvalue weighted by molar-refractivity contribution is 0.946. The molecule has 3 aromatic rings. The van der Waals surface area contributed by atoms with Gasteiger partial charge in [0, 0.05) is 6.42 Å². The molecule has 0 amide bonds. The molecule has 5 heteroatoms. The zero-order valence-electron chi connectivity index (χ0n) is 9.38. The first-order chi connectivity index (χ1) is 8.36. The van der Waals surface area contributed by atoms with Crippen molar-refractivity contribution >= 4 is 11.0 Å². The third-order valence-corrected chi connectivity index (χ3v) is 2.54. The van der Waals surface area contributed by atoms with Gasteiger partial charge in [-0.15, -0.1) is 0 Å². The van der Waals surface area contributed by atoms with Crippen molar-refractivity contribution < 1.29 is 0 Å². The van der Waals surface area contributed by atoms with Crippen LogP contribution in [0.5, 0.6) is 0 Å². The van der Waals surface area contributed by atoms with Crippen LogP contribution in [-0.2, 0) is 6.42 Å². The number of para-hydroxylation sites is 2. The van der Waals surface area contributed by atoms with Crippen LogP contribution >= 0.6 is 0 Å². The zero-order chi connectivity index (χ0) is 11.7. The van der Waals surface area contributed by atoms with Crippen molar-refractivity contribution in [3.63, 3.8) is 0 Å². The SMILES string of the molecule is CCc1nc(-c2cnc3ccccc3n2)n[nH]1. The Morgan fingerprint density at radius 3 is 2.71 bits per heavy atom. The van der Waals surface area contributed by atoms with Gasteiger partial charge in [-0.3, -0.25) is 10.1 Å². The van der Waals surface area contributed by atoms with Gasteiger partial charge in [-0.05, 0) is 12.1 Å². The average Bonchev–Trinajstić information content (AvgIpc) is 2.87. The summed E-state index contributed by atoms with van der Waals surface area (Å²) in [6, 6.07) is 7.75. The molecule has 0 saturated carbocycles. The molecule has 1 aromatic carbocycles. The van der Waals surface area contributed by atoms with Crippen LogP contribution in [0.2, 0.25) is 0 Å². The molecule has 0 aliphatic rings. The fourth-order valence-electron chi connectivity index (χ4n) is 1.63. The van der Waals surface area contributed by atoms with Gasteiger partial charge in [0.05, 0.1) is 17.2 Å². The molecule has 0 saturated heterocycles. The van der Waals surface area contributed by atoms with Gasteiger partial charge in [0.1, 0.15) is 11.5 Å². The van der Waals surface area contributed by atoms with E-state index in [-0.39, 0.29) is 0 Å². The number of hydrogen-bond acceptors (Lipinski definition) is 4. The molecule has 5 nitrogen and oxygen atoms in total. The van der Waals surface area contributed by atoms with Crippen molar-refractivity contribution in [2.75, 3.05) is 0 Å². The Bertz CT molecular complexity index is 659. The highest BCUT2D eigenvalue weighted by Crippen LogP contribution is 2.15. The Balaban J connectivity index is 2.11. The Labute approximate surface area is 98.0 Å². The molecule has 0 unspecified atom stereocenters. The van der Waals surface area contributed by atoms with E-state index in [1.165, 1.54) is 0 Å². The van der Waals surface area contributed by atoms with E-state index in [0.29, 0.717) is 11.5 Å². The van der Waals surface area contributed by atoms with Gasteiger partial charge in [0.25, 0.3) is 0 Å². The summed E-state index contributed by atoms with van der Waals surface area (Å²) in [6.07, 6.45) is 2.53. The van der Waals surface area contributed by atoms with Crippen molar-refractivity contribution in [1.29, 1.82) is 0 Å². The van der Waals surface area contributed by atoms with Crippen LogP contribution < -0.4 is 0 Å². The summed E-state index contributed by atoms with van der Waals surface area (Å²) in [7, 11) is 0. The summed E-state index contributed by atoms with van der Waals surface area (Å²) in [6.45, 7) is 2.02. The molecule has 0 aliphatic carbocycles. The molecule has 2 heterocycles. The molecule has 1 N–H and O–H groups in total. The molecule has 3 rings (SSSR count). The fraction of sp³-hybridized carbons (Fsp3) is 0.167. The van der Waals surface area contributed by atoms with Crippen LogP contribution in [0.3, 0.4) is 0 Å². The monoisotopic (exact) mass is 225 g/mol. The van der Waals surface area contributed by atoms with Crippen molar-refractivity contribution in [2.45, 2.75) is 13.3 Å². The molecule has 0 fully saturated rings. The maximum atomic E-state index is 4.49. The number of nitrogens with one attached hydrogen (secondary N) is 1. The van der Waals surface area contributed by atoms with E-state index >= 15 is 0 Å². The summed E-state index contributed by atoms with van der Waals surface area (Å²) >= 11 is 0. The van der Waals surface area contributed by atoms with E-state index < -0.39 is 0 Å². The number of aryl methyl sites for hydroxylation is 1. The average molecular weight is 225 g/mol. The summed E-state index contributed by atoms with van der Waals surface area (Å²) in [4.78, 5) is 13.2. The molecule has 0 atom stereocenters. The van der Waals surface area contributed by atoms with Crippen LogP contribution in [-0.4, -0.2) is 25.1 Å². The largest absolute Gasteiger partial charge is 0.263 e. The molecule has 17 heavy (non-hydrogen) atoms. The standard InChI is InChI=1S/C12H11N5/c1-2-11-15-12(17-16-11)10-7-13-8-5-3-4-6-9(8)14-10/h3-7H,2H2,1H3,(H,15,16,17). The Morgan fingerprint density at radius 1 is 1.12 bits per heavy atom. The van der Waals surface area contributed by atoms with E-state index in [4.69, 9.17) is 0 Å². The maximum absolute atomic E-state index is 4.49. The Hall–Kier alpha value is -2.30. The van der Waals surface area contributed by atoms with Gasteiger partial charge in [-0.2, -0.15) is 5.10 Å². The molecule has 2 aromatic heterocycles. The predicted molar refractivity (Wildman–Crippen MR) is 64.3 cm³/mol. The lowest BCUT2D eigenvalue weighted by Crippen LogP contribution is -1.90. The Kier molecular flexibility index (Phi) is 2.29. The number of aromatic nitrogens is 5. The van der Waals surface area contributed by atoms with E-state index in [0.717, 1.165) is 23.3 Å². The molecule has 84 valence electrons. The molecule has 0 bridgehead atoms. The summed E-state index contributed by atoms with van der Waals surface area (Å²) in [5.41, 5.74) is 2.43. The highest BCUT2D eigenvalue weighted by atomic mass is 15.2. The second kappa shape index (κ2) is 3.93. The molecular formula is C12H11N5. The number of hydrogen-bond donors (Lipinski definition) is 1. The molecule has 0 spiro atoms. The normalized spacial score (nSPS) is 10.9. The van der Waals surface area contributed by atoms with Gasteiger partial charge in [-0.25, -0.2) is 9.97 Å². The van der Waals surface area contributed by atoms with Gasteiger partial charge in [-0.1, -0.05) is 19.1 Å². The first kappa shape index (κ1) is 9.89. The number of nitrogens with zero attached hydrogens (tertiary/aromatic N) is 4. The number of H-pyrrole nitrogens is 1. The first-order valence-corrected chi connectivity index (χ1v) is 5.50. The predicted octanol–water partition coefficient (Wildman–Crippen LogP) is 1.98. The van der Waals surface area contributed by atoms with Crippen molar-refractivity contribution in [3.8, 4) is 11.5 Å². The highest BCUT2D eigenvalue weighted by Gasteiger charge is 2.07. The number of aromatic amines is 1. The maximum Gasteiger partial charge on any atom is 0.201 e. The van der Waals surface area contributed by atoms with Gasteiger partial charge >= 0.3 is 0 Å². The van der Waals surface area contributed by atoms with Crippen LogP contribution in [0.1, 0.15) is 12.7 Å². The van der Waals surface area contributed by atoms with Crippen LogP contribution in [0, 0.1) is 0 Å². The third-order valence-electron chi connectivity index (χ3n) is 2.54. The Morgan fingerprint density at radius 2 is 1.94 bits per heavy atom. The minimum atomic E-state index is 0.597. The minimum absolute atomic E-state index is 0.597. The smallest absolute Gasteiger partial charge is 0.201 e. The van der Waals surface area contributed by atoms with Crippen LogP contribution in [0.25, 0.3) is 22.6 Å². The highest BCUT2D eigenvalue weighted by molar-refractivity contribution is 5.75. The summed E-state index contributed by atoms with van der Waals surface area (Å²) in [5, 5.41) is 7.00. The second-order valence-corrected chi connectivity index (χ2v) is 3.70. The number of fused-ring (bicyclic) bond motifs is 1. The molecule has 0 aliphatic heterocycles. The van der Waals surface area contributed by atoms with Crippen molar-refractivity contribution in [3.05, 3.63) is 36.3 Å². The van der Waals surface area contributed by atoms with Gasteiger partial charge in [0.15, 0.2) is 0 Å². The molecule has 0 radical (unpaired) electrons. The quantitative estimate of drug-likeness (QED) is 0.724.